The monoisotopic (exact) mass is 262 g/mol. The summed E-state index contributed by atoms with van der Waals surface area (Å²) in [5.41, 5.74) is 2.16. The van der Waals surface area contributed by atoms with Gasteiger partial charge in [0, 0.05) is 0 Å². The quantitative estimate of drug-likeness (QED) is 0.831. The molecule has 0 radical (unpaired) electrons. The molecule has 0 aromatic heterocycles. The standard InChI is InChI=1S/C15H23BO3/c1-10-8-7-9-12(13(10)11(2)17)16-18-14(3,4)15(5,6)19-16/h7-9,11,17H,1-6H3. The van der Waals surface area contributed by atoms with Gasteiger partial charge in [0.2, 0.25) is 0 Å². The van der Waals surface area contributed by atoms with Crippen LogP contribution in [0.4, 0.5) is 0 Å². The lowest BCUT2D eigenvalue weighted by Gasteiger charge is -2.32. The van der Waals surface area contributed by atoms with Gasteiger partial charge in [0.15, 0.2) is 0 Å². The summed E-state index contributed by atoms with van der Waals surface area (Å²) in [6, 6.07) is 5.94. The zero-order valence-electron chi connectivity index (χ0n) is 12.7. The minimum absolute atomic E-state index is 0.364. The molecule has 4 heteroatoms. The number of aryl methyl sites for hydroxylation is 1. The molecule has 1 aromatic carbocycles. The maximum absolute atomic E-state index is 9.99. The van der Waals surface area contributed by atoms with E-state index in [-0.39, 0.29) is 11.2 Å². The Morgan fingerprint density at radius 2 is 1.63 bits per heavy atom. The molecular weight excluding hydrogens is 239 g/mol. The molecule has 1 unspecified atom stereocenters. The summed E-state index contributed by atoms with van der Waals surface area (Å²) in [4.78, 5) is 0. The van der Waals surface area contributed by atoms with Crippen LogP contribution >= 0.6 is 0 Å². The third kappa shape index (κ3) is 2.45. The highest BCUT2D eigenvalue weighted by Crippen LogP contribution is 2.37. The normalized spacial score (nSPS) is 22.6. The van der Waals surface area contributed by atoms with Gasteiger partial charge in [-0.2, -0.15) is 0 Å². The second kappa shape index (κ2) is 4.62. The molecule has 0 aliphatic carbocycles. The molecule has 0 bridgehead atoms. The van der Waals surface area contributed by atoms with Gasteiger partial charge in [-0.25, -0.2) is 0 Å². The van der Waals surface area contributed by atoms with E-state index in [1.807, 2.05) is 52.8 Å². The van der Waals surface area contributed by atoms with Crippen LogP contribution in [0.15, 0.2) is 18.2 Å². The van der Waals surface area contributed by atoms with Crippen molar-refractivity contribution in [2.75, 3.05) is 0 Å². The molecular formula is C15H23BO3. The lowest BCUT2D eigenvalue weighted by atomic mass is 9.73. The molecule has 1 heterocycles. The summed E-state index contributed by atoms with van der Waals surface area (Å²) >= 11 is 0. The molecule has 1 aliphatic rings. The van der Waals surface area contributed by atoms with Gasteiger partial charge in [-0.3, -0.25) is 0 Å². The van der Waals surface area contributed by atoms with Crippen molar-refractivity contribution < 1.29 is 14.4 Å². The molecule has 0 spiro atoms. The SMILES string of the molecule is Cc1cccc(B2OC(C)(C)C(C)(C)O2)c1C(C)O. The fourth-order valence-corrected chi connectivity index (χ4v) is 2.45. The highest BCUT2D eigenvalue weighted by atomic mass is 16.7. The second-order valence-electron chi connectivity index (χ2n) is 6.34. The third-order valence-electron chi connectivity index (χ3n) is 4.28. The summed E-state index contributed by atoms with van der Waals surface area (Å²) < 4.78 is 12.1. The molecule has 1 aromatic rings. The van der Waals surface area contributed by atoms with Gasteiger partial charge < -0.3 is 14.4 Å². The molecule has 1 N–H and O–H groups in total. The van der Waals surface area contributed by atoms with E-state index in [2.05, 4.69) is 0 Å². The van der Waals surface area contributed by atoms with Crippen molar-refractivity contribution in [1.29, 1.82) is 0 Å². The van der Waals surface area contributed by atoms with Crippen LogP contribution in [0.2, 0.25) is 0 Å². The highest BCUT2D eigenvalue weighted by Gasteiger charge is 2.52. The van der Waals surface area contributed by atoms with Crippen LogP contribution in [0.5, 0.6) is 0 Å². The Bertz CT molecular complexity index is 464. The Kier molecular flexibility index (Phi) is 3.54. The van der Waals surface area contributed by atoms with E-state index in [4.69, 9.17) is 9.31 Å². The van der Waals surface area contributed by atoms with E-state index in [0.29, 0.717) is 0 Å². The lowest BCUT2D eigenvalue weighted by molar-refractivity contribution is 0.00578. The van der Waals surface area contributed by atoms with Crippen LogP contribution in [0.25, 0.3) is 0 Å². The highest BCUT2D eigenvalue weighted by molar-refractivity contribution is 6.62. The predicted molar refractivity (Wildman–Crippen MR) is 77.5 cm³/mol. The summed E-state index contributed by atoms with van der Waals surface area (Å²) in [6.07, 6.45) is -0.532. The van der Waals surface area contributed by atoms with Gasteiger partial charge in [0.05, 0.1) is 17.3 Å². The van der Waals surface area contributed by atoms with E-state index in [1.54, 1.807) is 6.92 Å². The summed E-state index contributed by atoms with van der Waals surface area (Å²) in [5, 5.41) is 9.99. The number of aliphatic hydroxyl groups is 1. The largest absolute Gasteiger partial charge is 0.495 e. The molecule has 1 aliphatic heterocycles. The van der Waals surface area contributed by atoms with Crippen LogP contribution in [0, 0.1) is 6.92 Å². The first kappa shape index (κ1) is 14.6. The number of aliphatic hydroxyl groups excluding tert-OH is 1. The minimum Gasteiger partial charge on any atom is -0.399 e. The van der Waals surface area contributed by atoms with Crippen molar-refractivity contribution in [3.8, 4) is 0 Å². The maximum Gasteiger partial charge on any atom is 0.495 e. The van der Waals surface area contributed by atoms with Crippen LogP contribution in [-0.4, -0.2) is 23.4 Å². The van der Waals surface area contributed by atoms with Crippen LogP contribution in [0.3, 0.4) is 0 Å². The smallest absolute Gasteiger partial charge is 0.399 e. The van der Waals surface area contributed by atoms with E-state index < -0.39 is 13.2 Å². The van der Waals surface area contributed by atoms with E-state index in [0.717, 1.165) is 16.6 Å². The first-order valence-corrected chi connectivity index (χ1v) is 6.79. The van der Waals surface area contributed by atoms with E-state index >= 15 is 0 Å². The Hall–Kier alpha value is -0.835. The van der Waals surface area contributed by atoms with Gasteiger partial charge in [0.1, 0.15) is 0 Å². The van der Waals surface area contributed by atoms with Gasteiger partial charge in [-0.15, -0.1) is 0 Å². The Morgan fingerprint density at radius 3 is 2.11 bits per heavy atom. The van der Waals surface area contributed by atoms with Gasteiger partial charge in [-0.1, -0.05) is 18.2 Å². The summed E-state index contributed by atoms with van der Waals surface area (Å²) in [7, 11) is -0.422. The average molecular weight is 262 g/mol. The van der Waals surface area contributed by atoms with E-state index in [9.17, 15) is 5.11 Å². The van der Waals surface area contributed by atoms with Crippen LogP contribution < -0.4 is 5.46 Å². The molecule has 19 heavy (non-hydrogen) atoms. The molecule has 0 saturated carbocycles. The Morgan fingerprint density at radius 1 is 1.11 bits per heavy atom. The van der Waals surface area contributed by atoms with Crippen molar-refractivity contribution in [3.05, 3.63) is 29.3 Å². The van der Waals surface area contributed by atoms with Crippen LogP contribution in [0.1, 0.15) is 51.8 Å². The second-order valence-corrected chi connectivity index (χ2v) is 6.34. The number of rotatable bonds is 2. The zero-order valence-corrected chi connectivity index (χ0v) is 12.7. The van der Waals surface area contributed by atoms with Crippen molar-refractivity contribution >= 4 is 12.6 Å². The van der Waals surface area contributed by atoms with Crippen molar-refractivity contribution in [2.45, 2.75) is 58.8 Å². The van der Waals surface area contributed by atoms with Crippen LogP contribution in [-0.2, 0) is 9.31 Å². The fourth-order valence-electron chi connectivity index (χ4n) is 2.45. The Balaban J connectivity index is 2.43. The fraction of sp³-hybridized carbons (Fsp3) is 0.600. The lowest BCUT2D eigenvalue weighted by Crippen LogP contribution is -2.41. The molecule has 1 fully saturated rings. The number of hydrogen-bond donors (Lipinski definition) is 1. The summed E-state index contributed by atoms with van der Waals surface area (Å²) in [6.45, 7) is 11.9. The van der Waals surface area contributed by atoms with Crippen molar-refractivity contribution in [3.63, 3.8) is 0 Å². The topological polar surface area (TPSA) is 38.7 Å². The molecule has 1 saturated heterocycles. The molecule has 3 nitrogen and oxygen atoms in total. The molecule has 1 atom stereocenters. The first-order valence-electron chi connectivity index (χ1n) is 6.79. The molecule has 104 valence electrons. The predicted octanol–water partition coefficient (Wildman–Crippen LogP) is 2.35. The zero-order chi connectivity index (χ0) is 14.4. The van der Waals surface area contributed by atoms with Crippen molar-refractivity contribution in [1.82, 2.24) is 0 Å². The molecule has 2 rings (SSSR count). The third-order valence-corrected chi connectivity index (χ3v) is 4.28. The summed E-state index contributed by atoms with van der Waals surface area (Å²) in [5.74, 6) is 0. The van der Waals surface area contributed by atoms with Gasteiger partial charge >= 0.3 is 7.12 Å². The Labute approximate surface area is 116 Å². The minimum atomic E-state index is -0.532. The van der Waals surface area contributed by atoms with E-state index in [1.165, 1.54) is 0 Å². The first-order chi connectivity index (χ1) is 8.66. The average Bonchev–Trinajstić information content (AvgIpc) is 2.47. The molecule has 0 amide bonds. The van der Waals surface area contributed by atoms with Crippen molar-refractivity contribution in [2.24, 2.45) is 0 Å². The van der Waals surface area contributed by atoms with Gasteiger partial charge in [0.25, 0.3) is 0 Å². The number of benzene rings is 1. The number of hydrogen-bond acceptors (Lipinski definition) is 3. The van der Waals surface area contributed by atoms with Gasteiger partial charge in [-0.05, 0) is 58.1 Å². The maximum atomic E-state index is 9.99.